The number of thioether (sulfide) groups is 1. The van der Waals surface area contributed by atoms with Crippen LogP contribution >= 0.6 is 11.8 Å². The van der Waals surface area contributed by atoms with Crippen LogP contribution in [0, 0.1) is 0 Å². The molecule has 8 nitrogen and oxygen atoms in total. The summed E-state index contributed by atoms with van der Waals surface area (Å²) in [4.78, 5) is 17.6. The van der Waals surface area contributed by atoms with E-state index in [-0.39, 0.29) is 11.7 Å². The first-order valence-corrected chi connectivity index (χ1v) is 9.15. The Kier molecular flexibility index (Phi) is 6.37. The van der Waals surface area contributed by atoms with Gasteiger partial charge in [-0.2, -0.15) is 13.2 Å². The number of amidine groups is 1. The molecule has 0 unspecified atom stereocenters. The molecule has 27 heavy (non-hydrogen) atoms. The van der Waals surface area contributed by atoms with Crippen LogP contribution in [0.25, 0.3) is 0 Å². The molecule has 1 amide bonds. The molecule has 2 aliphatic heterocycles. The summed E-state index contributed by atoms with van der Waals surface area (Å²) >= 11 is 0.822. The molecule has 156 valence electrons. The van der Waals surface area contributed by atoms with Gasteiger partial charge in [0.2, 0.25) is 0 Å². The summed E-state index contributed by atoms with van der Waals surface area (Å²) in [6, 6.07) is -1.09. The number of carbonyl (C=O) groups excluding carboxylic acids is 1. The second-order valence-corrected chi connectivity index (χ2v) is 8.25. The van der Waals surface area contributed by atoms with Crippen molar-refractivity contribution in [3.8, 4) is 0 Å². The fourth-order valence-corrected chi connectivity index (χ4v) is 3.88. The molecule has 0 saturated carbocycles. The van der Waals surface area contributed by atoms with E-state index in [0.29, 0.717) is 0 Å². The fourth-order valence-electron chi connectivity index (χ4n) is 2.61. The van der Waals surface area contributed by atoms with Crippen LogP contribution in [0.5, 0.6) is 0 Å². The average Bonchev–Trinajstić information content (AvgIpc) is 2.92. The Hall–Kier alpha value is -1.08. The van der Waals surface area contributed by atoms with Crippen molar-refractivity contribution >= 4 is 23.0 Å². The van der Waals surface area contributed by atoms with Gasteiger partial charge in [0, 0.05) is 6.54 Å². The summed E-state index contributed by atoms with van der Waals surface area (Å²) < 4.78 is 48.8. The fraction of sp³-hybridized carbons (Fsp3) is 0.867. The standard InChI is InChI=1S/C15H23F3N2O6S/c1-5-20(13(24)26-14(2,3)4)12-19-6-7(21)8(22)9(25-11(6)27-12)10(23)15(16,17)18/h6-11,21-23H,5H2,1-4H3/t6-,7-,8+,9+,10-,11-/m1/s1. The Labute approximate surface area is 158 Å². The highest BCUT2D eigenvalue weighted by Crippen LogP contribution is 2.40. The molecule has 3 N–H and O–H groups in total. The van der Waals surface area contributed by atoms with Crippen molar-refractivity contribution in [3.63, 3.8) is 0 Å². The molecule has 1 fully saturated rings. The molecule has 2 aliphatic rings. The molecule has 1 saturated heterocycles. The van der Waals surface area contributed by atoms with Gasteiger partial charge in [0.25, 0.3) is 0 Å². The van der Waals surface area contributed by atoms with Gasteiger partial charge >= 0.3 is 12.3 Å². The third-order valence-electron chi connectivity index (χ3n) is 3.90. The van der Waals surface area contributed by atoms with Crippen molar-refractivity contribution in [1.82, 2.24) is 4.90 Å². The van der Waals surface area contributed by atoms with Gasteiger partial charge in [-0.3, -0.25) is 9.89 Å². The van der Waals surface area contributed by atoms with Gasteiger partial charge in [0.1, 0.15) is 35.4 Å². The predicted octanol–water partition coefficient (Wildman–Crippen LogP) is 1.08. The molecule has 2 heterocycles. The largest absolute Gasteiger partial charge is 0.443 e. The normalized spacial score (nSPS) is 32.5. The zero-order valence-electron chi connectivity index (χ0n) is 15.2. The predicted molar refractivity (Wildman–Crippen MR) is 90.2 cm³/mol. The number of ether oxygens (including phenoxy) is 2. The van der Waals surface area contributed by atoms with Crippen molar-refractivity contribution in [3.05, 3.63) is 0 Å². The van der Waals surface area contributed by atoms with E-state index in [2.05, 4.69) is 4.99 Å². The number of rotatable bonds is 2. The molecule has 0 aliphatic carbocycles. The topological polar surface area (TPSA) is 112 Å². The third kappa shape index (κ3) is 4.86. The molecule has 12 heteroatoms. The summed E-state index contributed by atoms with van der Waals surface area (Å²) in [7, 11) is 0. The highest BCUT2D eigenvalue weighted by atomic mass is 32.2. The van der Waals surface area contributed by atoms with Crippen LogP contribution in [0.1, 0.15) is 27.7 Å². The van der Waals surface area contributed by atoms with Gasteiger partial charge in [-0.1, -0.05) is 11.8 Å². The average molecular weight is 416 g/mol. The molecular weight excluding hydrogens is 393 g/mol. The van der Waals surface area contributed by atoms with Crippen LogP contribution in [0.4, 0.5) is 18.0 Å². The highest BCUT2D eigenvalue weighted by molar-refractivity contribution is 8.14. The van der Waals surface area contributed by atoms with Gasteiger partial charge in [0.05, 0.1) is 0 Å². The second-order valence-electron chi connectivity index (χ2n) is 7.18. The molecule has 6 atom stereocenters. The second kappa shape index (κ2) is 7.74. The van der Waals surface area contributed by atoms with E-state index in [0.717, 1.165) is 16.7 Å². The van der Waals surface area contributed by atoms with Crippen LogP contribution in [-0.2, 0) is 9.47 Å². The number of amides is 1. The van der Waals surface area contributed by atoms with E-state index >= 15 is 0 Å². The molecule has 2 rings (SSSR count). The minimum absolute atomic E-state index is 0.0927. The zero-order chi connectivity index (χ0) is 20.7. The molecule has 0 aromatic carbocycles. The minimum Gasteiger partial charge on any atom is -0.443 e. The summed E-state index contributed by atoms with van der Waals surface area (Å²) in [6.07, 6.45) is -14.5. The Morgan fingerprint density at radius 1 is 1.33 bits per heavy atom. The number of carbonyl (C=O) groups is 1. The Morgan fingerprint density at radius 3 is 2.41 bits per heavy atom. The van der Waals surface area contributed by atoms with Crippen molar-refractivity contribution in [2.24, 2.45) is 4.99 Å². The maximum atomic E-state index is 12.8. The summed E-state index contributed by atoms with van der Waals surface area (Å²) in [5.74, 6) is 0. The molecule has 0 aromatic rings. The van der Waals surface area contributed by atoms with E-state index < -0.39 is 53.8 Å². The summed E-state index contributed by atoms with van der Waals surface area (Å²) in [5.41, 5.74) is -1.87. The number of aliphatic imine (C=N–C) groups is 1. The lowest BCUT2D eigenvalue weighted by Gasteiger charge is -2.40. The number of aliphatic hydroxyl groups excluding tert-OH is 3. The Balaban J connectivity index is 2.18. The van der Waals surface area contributed by atoms with E-state index in [4.69, 9.17) is 9.47 Å². The van der Waals surface area contributed by atoms with Gasteiger partial charge in [-0.25, -0.2) is 4.79 Å². The van der Waals surface area contributed by atoms with Gasteiger partial charge in [-0.05, 0) is 27.7 Å². The van der Waals surface area contributed by atoms with Crippen molar-refractivity contribution < 1.29 is 42.8 Å². The minimum atomic E-state index is -5.03. The number of hydrogen-bond acceptors (Lipinski definition) is 8. The van der Waals surface area contributed by atoms with Gasteiger partial charge in [0.15, 0.2) is 11.3 Å². The lowest BCUT2D eigenvalue weighted by atomic mass is 9.94. The molecule has 0 spiro atoms. The van der Waals surface area contributed by atoms with Gasteiger partial charge < -0.3 is 24.8 Å². The molecular formula is C15H23F3N2O6S. The summed E-state index contributed by atoms with van der Waals surface area (Å²) in [6.45, 7) is 6.84. The SMILES string of the molecule is CCN(C(=O)OC(C)(C)C)C1=N[C@@H]2[C@@H](O)[C@H](O)[C@@H]([C@@H](O)C(F)(F)F)O[C@@H]2S1. The van der Waals surface area contributed by atoms with E-state index in [9.17, 15) is 33.3 Å². The van der Waals surface area contributed by atoms with Crippen LogP contribution in [0.15, 0.2) is 4.99 Å². The van der Waals surface area contributed by atoms with Gasteiger partial charge in [-0.15, -0.1) is 0 Å². The number of alkyl halides is 3. The van der Waals surface area contributed by atoms with E-state index in [1.807, 2.05) is 0 Å². The van der Waals surface area contributed by atoms with Crippen LogP contribution in [0.3, 0.4) is 0 Å². The monoisotopic (exact) mass is 416 g/mol. The van der Waals surface area contributed by atoms with E-state index in [1.165, 1.54) is 0 Å². The number of fused-ring (bicyclic) bond motifs is 1. The Morgan fingerprint density at radius 2 is 1.93 bits per heavy atom. The number of aliphatic hydroxyl groups is 3. The van der Waals surface area contributed by atoms with E-state index in [1.54, 1.807) is 27.7 Å². The number of halogens is 3. The van der Waals surface area contributed by atoms with Crippen LogP contribution < -0.4 is 0 Å². The zero-order valence-corrected chi connectivity index (χ0v) is 16.0. The lowest BCUT2D eigenvalue weighted by molar-refractivity contribution is -0.271. The maximum Gasteiger partial charge on any atom is 0.417 e. The van der Waals surface area contributed by atoms with Crippen molar-refractivity contribution in [1.29, 1.82) is 0 Å². The molecule has 0 bridgehead atoms. The smallest absolute Gasteiger partial charge is 0.417 e. The highest BCUT2D eigenvalue weighted by Gasteiger charge is 2.56. The van der Waals surface area contributed by atoms with Crippen molar-refractivity contribution in [2.45, 2.75) is 75.4 Å². The number of nitrogens with zero attached hydrogens (tertiary/aromatic N) is 2. The quantitative estimate of drug-likeness (QED) is 0.618. The first kappa shape index (κ1) is 22.2. The third-order valence-corrected chi connectivity index (χ3v) is 5.05. The lowest BCUT2D eigenvalue weighted by Crippen LogP contribution is -2.60. The Bertz CT molecular complexity index is 597. The first-order valence-electron chi connectivity index (χ1n) is 8.27. The van der Waals surface area contributed by atoms with Crippen LogP contribution in [0.2, 0.25) is 0 Å². The summed E-state index contributed by atoms with van der Waals surface area (Å²) in [5, 5.41) is 29.6. The first-order chi connectivity index (χ1) is 12.3. The maximum absolute atomic E-state index is 12.8. The van der Waals surface area contributed by atoms with Crippen LogP contribution in [-0.4, -0.2) is 85.7 Å². The number of hydrogen-bond donors (Lipinski definition) is 3. The molecule has 0 aromatic heterocycles. The van der Waals surface area contributed by atoms with Crippen molar-refractivity contribution in [2.75, 3.05) is 6.54 Å². The molecule has 0 radical (unpaired) electrons.